The lowest BCUT2D eigenvalue weighted by molar-refractivity contribution is 0.0942. The van der Waals surface area contributed by atoms with Crippen molar-refractivity contribution in [3.8, 4) is 11.1 Å². The van der Waals surface area contributed by atoms with Gasteiger partial charge in [-0.25, -0.2) is 4.98 Å². The number of fused-ring (bicyclic) bond motifs is 2. The van der Waals surface area contributed by atoms with Gasteiger partial charge in [-0.2, -0.15) is 11.3 Å². The first-order valence-corrected chi connectivity index (χ1v) is 12.0. The molecule has 1 N–H and O–H groups in total. The number of rotatable bonds is 7. The third kappa shape index (κ3) is 3.96. The summed E-state index contributed by atoms with van der Waals surface area (Å²) in [5.41, 5.74) is 4.73. The Morgan fingerprint density at radius 3 is 2.79 bits per heavy atom. The van der Waals surface area contributed by atoms with Gasteiger partial charge in [0, 0.05) is 19.3 Å². The number of carbonyl (C=O) groups excluding carboxylic acids is 1. The molecule has 166 valence electrons. The second-order valence-electron chi connectivity index (χ2n) is 7.97. The number of aromatic nitrogens is 3. The van der Waals surface area contributed by atoms with Crippen molar-refractivity contribution in [3.05, 3.63) is 93.2 Å². The monoisotopic (exact) mass is 456 g/mol. The van der Waals surface area contributed by atoms with E-state index in [2.05, 4.69) is 29.8 Å². The highest BCUT2D eigenvalue weighted by atomic mass is 32.1. The fourth-order valence-corrected chi connectivity index (χ4v) is 4.78. The molecule has 0 aliphatic carbocycles. The van der Waals surface area contributed by atoms with Gasteiger partial charge in [0.2, 0.25) is 0 Å². The van der Waals surface area contributed by atoms with Crippen LogP contribution >= 0.6 is 11.3 Å². The van der Waals surface area contributed by atoms with E-state index in [0.717, 1.165) is 29.5 Å². The van der Waals surface area contributed by atoms with Crippen LogP contribution in [0.3, 0.4) is 0 Å². The Kier molecular flexibility index (Phi) is 5.79. The van der Waals surface area contributed by atoms with Gasteiger partial charge in [-0.15, -0.1) is 0 Å². The molecule has 5 aromatic rings. The summed E-state index contributed by atoms with van der Waals surface area (Å²) in [6.45, 7) is 3.13. The number of amides is 1. The van der Waals surface area contributed by atoms with E-state index in [-0.39, 0.29) is 11.5 Å². The molecule has 0 aliphatic rings. The molecule has 4 aromatic heterocycles. The average Bonchev–Trinajstić information content (AvgIpc) is 3.50. The van der Waals surface area contributed by atoms with E-state index in [1.807, 2.05) is 34.2 Å². The highest BCUT2D eigenvalue weighted by Gasteiger charge is 2.19. The van der Waals surface area contributed by atoms with Gasteiger partial charge >= 0.3 is 0 Å². The van der Waals surface area contributed by atoms with E-state index in [1.54, 1.807) is 35.7 Å². The van der Waals surface area contributed by atoms with Gasteiger partial charge in [0.1, 0.15) is 17.0 Å². The lowest BCUT2D eigenvalue weighted by Crippen LogP contribution is -2.26. The fourth-order valence-electron chi connectivity index (χ4n) is 4.12. The van der Waals surface area contributed by atoms with Crippen molar-refractivity contribution in [2.24, 2.45) is 0 Å². The highest BCUT2D eigenvalue weighted by molar-refractivity contribution is 7.08. The molecule has 0 bridgehead atoms. The van der Waals surface area contributed by atoms with Gasteiger partial charge < -0.3 is 9.88 Å². The number of aryl methyl sites for hydroxylation is 1. The van der Waals surface area contributed by atoms with Gasteiger partial charge in [0.05, 0.1) is 5.39 Å². The number of benzene rings is 1. The maximum Gasteiger partial charge on any atom is 0.268 e. The summed E-state index contributed by atoms with van der Waals surface area (Å²) in [5, 5.41) is 7.67. The van der Waals surface area contributed by atoms with Crippen LogP contribution in [0.25, 0.3) is 27.8 Å². The second kappa shape index (κ2) is 9.03. The van der Waals surface area contributed by atoms with E-state index in [4.69, 9.17) is 4.98 Å². The number of pyridine rings is 1. The molecule has 1 aromatic carbocycles. The minimum Gasteiger partial charge on any atom is -0.347 e. The zero-order valence-electron chi connectivity index (χ0n) is 18.3. The van der Waals surface area contributed by atoms with Crippen LogP contribution in [0.2, 0.25) is 0 Å². The van der Waals surface area contributed by atoms with Crippen molar-refractivity contribution < 1.29 is 4.79 Å². The molecule has 0 radical (unpaired) electrons. The van der Waals surface area contributed by atoms with Crippen molar-refractivity contribution in [2.45, 2.75) is 32.9 Å². The Bertz CT molecular complexity index is 1500. The number of nitrogens with one attached hydrogen (secondary N) is 1. The van der Waals surface area contributed by atoms with Crippen LogP contribution in [0.1, 0.15) is 35.8 Å². The van der Waals surface area contributed by atoms with Crippen LogP contribution in [-0.2, 0) is 13.1 Å². The number of thiophene rings is 1. The number of unbranched alkanes of at least 4 members (excludes halogenated alkanes) is 1. The molecule has 4 heterocycles. The first-order valence-electron chi connectivity index (χ1n) is 11.1. The fraction of sp³-hybridized carbons (Fsp3) is 0.192. The maximum atomic E-state index is 13.3. The quantitative estimate of drug-likeness (QED) is 0.370. The van der Waals surface area contributed by atoms with Crippen LogP contribution in [0, 0.1) is 0 Å². The number of hydrogen-bond donors (Lipinski definition) is 1. The molecule has 0 spiro atoms. The van der Waals surface area contributed by atoms with Crippen LogP contribution in [0.5, 0.6) is 0 Å². The Morgan fingerprint density at radius 1 is 1.12 bits per heavy atom. The largest absolute Gasteiger partial charge is 0.347 e. The Labute approximate surface area is 195 Å². The SMILES string of the molecule is CCCCn1c(C(=O)NCc2ccccc2-c2ccsc2)cc2c(=O)n3ccccc3nc21. The van der Waals surface area contributed by atoms with Crippen LogP contribution < -0.4 is 10.9 Å². The van der Waals surface area contributed by atoms with Crippen molar-refractivity contribution in [1.82, 2.24) is 19.3 Å². The first-order chi connectivity index (χ1) is 16.2. The summed E-state index contributed by atoms with van der Waals surface area (Å²) in [5.74, 6) is -0.210. The molecule has 33 heavy (non-hydrogen) atoms. The van der Waals surface area contributed by atoms with Crippen molar-refractivity contribution in [1.29, 1.82) is 0 Å². The standard InChI is InChI=1S/C26H24N4O2S/c1-2-3-12-29-22(15-21-24(29)28-23-10-6-7-13-30(23)26(21)32)25(31)27-16-18-8-4-5-9-20(18)19-11-14-33-17-19/h4-11,13-15,17H,2-3,12,16H2,1H3,(H,27,31). The Balaban J connectivity index is 1.52. The Morgan fingerprint density at radius 2 is 1.97 bits per heavy atom. The summed E-state index contributed by atoms with van der Waals surface area (Å²) >= 11 is 1.65. The molecule has 0 saturated carbocycles. The minimum absolute atomic E-state index is 0.164. The second-order valence-corrected chi connectivity index (χ2v) is 8.75. The van der Waals surface area contributed by atoms with E-state index < -0.39 is 0 Å². The Hall–Kier alpha value is -3.71. The molecule has 7 heteroatoms. The molecule has 0 aliphatic heterocycles. The summed E-state index contributed by atoms with van der Waals surface area (Å²) in [6.07, 6.45) is 3.57. The summed E-state index contributed by atoms with van der Waals surface area (Å²) in [4.78, 5) is 31.1. The lowest BCUT2D eigenvalue weighted by Gasteiger charge is -2.12. The van der Waals surface area contributed by atoms with E-state index >= 15 is 0 Å². The predicted octanol–water partition coefficient (Wildman–Crippen LogP) is 5.11. The number of hydrogen-bond acceptors (Lipinski definition) is 4. The molecule has 0 atom stereocenters. The van der Waals surface area contributed by atoms with Crippen LogP contribution in [0.15, 0.2) is 76.3 Å². The van der Waals surface area contributed by atoms with E-state index in [1.165, 1.54) is 4.40 Å². The summed E-state index contributed by atoms with van der Waals surface area (Å²) in [6, 6.07) is 17.3. The summed E-state index contributed by atoms with van der Waals surface area (Å²) < 4.78 is 3.40. The predicted molar refractivity (Wildman–Crippen MR) is 133 cm³/mol. The number of carbonyl (C=O) groups is 1. The molecule has 6 nitrogen and oxygen atoms in total. The molecule has 0 saturated heterocycles. The van der Waals surface area contributed by atoms with Gasteiger partial charge in [-0.1, -0.05) is 43.7 Å². The van der Waals surface area contributed by atoms with E-state index in [0.29, 0.717) is 35.5 Å². The molecular formula is C26H24N4O2S. The third-order valence-electron chi connectivity index (χ3n) is 5.83. The first kappa shape index (κ1) is 21.2. The molecular weight excluding hydrogens is 432 g/mol. The van der Waals surface area contributed by atoms with E-state index in [9.17, 15) is 9.59 Å². The van der Waals surface area contributed by atoms with Crippen molar-refractivity contribution in [2.75, 3.05) is 0 Å². The molecule has 5 rings (SSSR count). The topological polar surface area (TPSA) is 68.4 Å². The highest BCUT2D eigenvalue weighted by Crippen LogP contribution is 2.26. The smallest absolute Gasteiger partial charge is 0.268 e. The van der Waals surface area contributed by atoms with Gasteiger partial charge in [0.25, 0.3) is 11.5 Å². The third-order valence-corrected chi connectivity index (χ3v) is 6.52. The molecule has 1 amide bonds. The molecule has 0 unspecified atom stereocenters. The van der Waals surface area contributed by atoms with Crippen molar-refractivity contribution >= 4 is 33.9 Å². The zero-order chi connectivity index (χ0) is 22.8. The lowest BCUT2D eigenvalue weighted by atomic mass is 10.0. The van der Waals surface area contributed by atoms with Crippen LogP contribution in [0.4, 0.5) is 0 Å². The normalized spacial score (nSPS) is 11.3. The van der Waals surface area contributed by atoms with Gasteiger partial charge in [-0.3, -0.25) is 14.0 Å². The van der Waals surface area contributed by atoms with Crippen molar-refractivity contribution in [3.63, 3.8) is 0 Å². The average molecular weight is 457 g/mol. The van der Waals surface area contributed by atoms with Gasteiger partial charge in [0.15, 0.2) is 0 Å². The zero-order valence-corrected chi connectivity index (χ0v) is 19.1. The summed E-state index contributed by atoms with van der Waals surface area (Å²) in [7, 11) is 0. The molecule has 0 fully saturated rings. The minimum atomic E-state index is -0.210. The maximum absolute atomic E-state index is 13.3. The van der Waals surface area contributed by atoms with Gasteiger partial charge in [-0.05, 0) is 58.1 Å². The van der Waals surface area contributed by atoms with Crippen LogP contribution in [-0.4, -0.2) is 19.9 Å². The number of nitrogens with zero attached hydrogens (tertiary/aromatic N) is 3.